The molecule has 0 aliphatic carbocycles. The maximum absolute atomic E-state index is 5.70. The second-order valence-corrected chi connectivity index (χ2v) is 5.02. The van der Waals surface area contributed by atoms with E-state index in [0.717, 1.165) is 32.0 Å². The minimum Gasteiger partial charge on any atom is -0.378 e. The fourth-order valence-electron chi connectivity index (χ4n) is 1.81. The number of hydrogen-bond acceptors (Lipinski definition) is 4. The van der Waals surface area contributed by atoms with Crippen LogP contribution in [0.15, 0.2) is 12.1 Å². The number of morpholine rings is 1. The van der Waals surface area contributed by atoms with E-state index in [-0.39, 0.29) is 5.54 Å². The minimum absolute atomic E-state index is 0.0551. The zero-order valence-electron chi connectivity index (χ0n) is 9.61. The van der Waals surface area contributed by atoms with Gasteiger partial charge in [-0.15, -0.1) is 5.10 Å². The molecule has 1 saturated heterocycles. The third kappa shape index (κ3) is 2.70. The van der Waals surface area contributed by atoms with Gasteiger partial charge in [0.15, 0.2) is 5.15 Å². The first-order chi connectivity index (χ1) is 7.58. The van der Waals surface area contributed by atoms with Gasteiger partial charge in [0.05, 0.1) is 18.9 Å². The van der Waals surface area contributed by atoms with Crippen LogP contribution in [0.2, 0.25) is 5.15 Å². The molecule has 5 heteroatoms. The van der Waals surface area contributed by atoms with Crippen molar-refractivity contribution in [2.75, 3.05) is 19.8 Å². The molecule has 0 N–H and O–H groups in total. The van der Waals surface area contributed by atoms with Crippen molar-refractivity contribution in [3.05, 3.63) is 23.0 Å². The Morgan fingerprint density at radius 1 is 1.44 bits per heavy atom. The summed E-state index contributed by atoms with van der Waals surface area (Å²) in [6, 6.07) is 3.69. The first-order valence-corrected chi connectivity index (χ1v) is 5.77. The predicted octanol–water partition coefficient (Wildman–Crippen LogP) is 1.74. The molecule has 0 unspecified atom stereocenters. The SMILES string of the molecule is CC1(C)COCCN1Cc1ccc(Cl)nn1. The first-order valence-electron chi connectivity index (χ1n) is 5.39. The zero-order valence-corrected chi connectivity index (χ0v) is 10.4. The van der Waals surface area contributed by atoms with Crippen LogP contribution in [0.25, 0.3) is 0 Å². The minimum atomic E-state index is 0.0551. The maximum Gasteiger partial charge on any atom is 0.151 e. The largest absolute Gasteiger partial charge is 0.378 e. The molecule has 0 atom stereocenters. The van der Waals surface area contributed by atoms with Gasteiger partial charge in [0.25, 0.3) is 0 Å². The smallest absolute Gasteiger partial charge is 0.151 e. The van der Waals surface area contributed by atoms with E-state index in [1.165, 1.54) is 0 Å². The highest BCUT2D eigenvalue weighted by Gasteiger charge is 2.30. The molecule has 0 saturated carbocycles. The highest BCUT2D eigenvalue weighted by atomic mass is 35.5. The Hall–Kier alpha value is -0.710. The third-order valence-corrected chi connectivity index (χ3v) is 3.06. The van der Waals surface area contributed by atoms with Crippen molar-refractivity contribution in [3.63, 3.8) is 0 Å². The van der Waals surface area contributed by atoms with Crippen molar-refractivity contribution in [1.29, 1.82) is 0 Å². The molecule has 1 aromatic heterocycles. The molecule has 0 amide bonds. The Bertz CT molecular complexity index is 353. The van der Waals surface area contributed by atoms with Gasteiger partial charge in [0.1, 0.15) is 0 Å². The lowest BCUT2D eigenvalue weighted by Crippen LogP contribution is -2.52. The van der Waals surface area contributed by atoms with E-state index < -0.39 is 0 Å². The molecule has 0 spiro atoms. The summed E-state index contributed by atoms with van der Waals surface area (Å²) in [4.78, 5) is 2.36. The molecule has 2 rings (SSSR count). The lowest BCUT2D eigenvalue weighted by atomic mass is 10.0. The molecule has 1 fully saturated rings. The van der Waals surface area contributed by atoms with Crippen molar-refractivity contribution in [2.45, 2.75) is 25.9 Å². The molecule has 0 bridgehead atoms. The highest BCUT2D eigenvalue weighted by molar-refractivity contribution is 6.29. The number of hydrogen-bond donors (Lipinski definition) is 0. The van der Waals surface area contributed by atoms with Crippen molar-refractivity contribution < 1.29 is 4.74 Å². The van der Waals surface area contributed by atoms with Crippen LogP contribution in [0, 0.1) is 0 Å². The van der Waals surface area contributed by atoms with E-state index in [4.69, 9.17) is 16.3 Å². The maximum atomic E-state index is 5.70. The van der Waals surface area contributed by atoms with Gasteiger partial charge in [-0.1, -0.05) is 11.6 Å². The van der Waals surface area contributed by atoms with Crippen molar-refractivity contribution in [1.82, 2.24) is 15.1 Å². The van der Waals surface area contributed by atoms with Crippen LogP contribution in [0.5, 0.6) is 0 Å². The highest BCUT2D eigenvalue weighted by Crippen LogP contribution is 2.20. The van der Waals surface area contributed by atoms with Gasteiger partial charge in [-0.2, -0.15) is 5.10 Å². The predicted molar refractivity (Wildman–Crippen MR) is 62.4 cm³/mol. The topological polar surface area (TPSA) is 38.2 Å². The van der Waals surface area contributed by atoms with E-state index in [1.54, 1.807) is 6.07 Å². The average Bonchev–Trinajstić information content (AvgIpc) is 2.24. The molecule has 88 valence electrons. The van der Waals surface area contributed by atoms with Crippen LogP contribution < -0.4 is 0 Å². The van der Waals surface area contributed by atoms with E-state index in [9.17, 15) is 0 Å². The Kier molecular flexibility index (Phi) is 3.42. The van der Waals surface area contributed by atoms with Crippen LogP contribution >= 0.6 is 11.6 Å². The lowest BCUT2D eigenvalue weighted by molar-refractivity contribution is -0.0558. The van der Waals surface area contributed by atoms with E-state index >= 15 is 0 Å². The Morgan fingerprint density at radius 2 is 2.25 bits per heavy atom. The number of ether oxygens (including phenoxy) is 1. The molecule has 1 aromatic rings. The lowest BCUT2D eigenvalue weighted by Gasteiger charge is -2.41. The van der Waals surface area contributed by atoms with E-state index in [2.05, 4.69) is 28.9 Å². The Labute approximate surface area is 101 Å². The van der Waals surface area contributed by atoms with Crippen molar-refractivity contribution in [2.24, 2.45) is 0 Å². The fraction of sp³-hybridized carbons (Fsp3) is 0.636. The summed E-state index contributed by atoms with van der Waals surface area (Å²) in [6.45, 7) is 7.61. The monoisotopic (exact) mass is 241 g/mol. The third-order valence-electron chi connectivity index (χ3n) is 2.86. The first kappa shape index (κ1) is 11.8. The van der Waals surface area contributed by atoms with Crippen LogP contribution in [0.3, 0.4) is 0 Å². The average molecular weight is 242 g/mol. The number of halogens is 1. The van der Waals surface area contributed by atoms with Gasteiger partial charge in [0, 0.05) is 18.6 Å². The number of rotatable bonds is 2. The quantitative estimate of drug-likeness (QED) is 0.791. The Morgan fingerprint density at radius 3 is 2.88 bits per heavy atom. The number of nitrogens with zero attached hydrogens (tertiary/aromatic N) is 3. The molecule has 0 radical (unpaired) electrons. The summed E-state index contributed by atoms with van der Waals surface area (Å²) in [5, 5.41) is 8.36. The molecule has 16 heavy (non-hydrogen) atoms. The molecule has 1 aliphatic heterocycles. The van der Waals surface area contributed by atoms with E-state index in [0.29, 0.717) is 5.15 Å². The summed E-state index contributed by atoms with van der Waals surface area (Å²) < 4.78 is 5.47. The molecular formula is C11H16ClN3O. The summed E-state index contributed by atoms with van der Waals surface area (Å²) in [5.41, 5.74) is 0.999. The second-order valence-electron chi connectivity index (χ2n) is 4.63. The number of aromatic nitrogens is 2. The van der Waals surface area contributed by atoms with Crippen LogP contribution in [-0.2, 0) is 11.3 Å². The molecular weight excluding hydrogens is 226 g/mol. The zero-order chi connectivity index (χ0) is 11.6. The summed E-state index contributed by atoms with van der Waals surface area (Å²) >= 11 is 5.70. The summed E-state index contributed by atoms with van der Waals surface area (Å²) in [5.74, 6) is 0. The van der Waals surface area contributed by atoms with Crippen molar-refractivity contribution >= 4 is 11.6 Å². The molecule has 0 aromatic carbocycles. The second kappa shape index (κ2) is 4.65. The van der Waals surface area contributed by atoms with Gasteiger partial charge >= 0.3 is 0 Å². The standard InChI is InChI=1S/C11H16ClN3O/c1-11(2)8-16-6-5-15(11)7-9-3-4-10(12)14-13-9/h3-4H,5-8H2,1-2H3. The molecule has 2 heterocycles. The molecule has 1 aliphatic rings. The van der Waals surface area contributed by atoms with Gasteiger partial charge in [-0.05, 0) is 26.0 Å². The van der Waals surface area contributed by atoms with Crippen LogP contribution in [0.4, 0.5) is 0 Å². The van der Waals surface area contributed by atoms with Gasteiger partial charge in [-0.25, -0.2) is 0 Å². The summed E-state index contributed by atoms with van der Waals surface area (Å²) in [6.07, 6.45) is 0. The van der Waals surface area contributed by atoms with Crippen LogP contribution in [0.1, 0.15) is 19.5 Å². The van der Waals surface area contributed by atoms with Crippen molar-refractivity contribution in [3.8, 4) is 0 Å². The van der Waals surface area contributed by atoms with Gasteiger partial charge in [0.2, 0.25) is 0 Å². The van der Waals surface area contributed by atoms with Gasteiger partial charge < -0.3 is 4.74 Å². The Balaban J connectivity index is 2.05. The van der Waals surface area contributed by atoms with Gasteiger partial charge in [-0.3, -0.25) is 4.90 Å². The fourth-order valence-corrected chi connectivity index (χ4v) is 1.91. The normalized spacial score (nSPS) is 20.9. The summed E-state index contributed by atoms with van der Waals surface area (Å²) in [7, 11) is 0. The molecule has 4 nitrogen and oxygen atoms in total. The van der Waals surface area contributed by atoms with Crippen LogP contribution in [-0.4, -0.2) is 40.4 Å². The van der Waals surface area contributed by atoms with E-state index in [1.807, 2.05) is 6.07 Å².